The second-order valence-electron chi connectivity index (χ2n) is 3.33. The van der Waals surface area contributed by atoms with E-state index in [1.807, 2.05) is 0 Å². The van der Waals surface area contributed by atoms with E-state index in [1.54, 1.807) is 0 Å². The van der Waals surface area contributed by atoms with Crippen LogP contribution in [-0.4, -0.2) is 49.6 Å². The summed E-state index contributed by atoms with van der Waals surface area (Å²) in [6.07, 6.45) is 1.39. The van der Waals surface area contributed by atoms with E-state index >= 15 is 0 Å². The number of likely N-dealkylation sites (N-methyl/N-ethyl adjacent to an activating group) is 2. The van der Waals surface area contributed by atoms with Crippen molar-refractivity contribution < 1.29 is 0 Å². The molecule has 1 rings (SSSR count). The number of hydrogen-bond acceptors (Lipinski definition) is 2. The van der Waals surface area contributed by atoms with E-state index in [4.69, 9.17) is 0 Å². The van der Waals surface area contributed by atoms with Crippen molar-refractivity contribution in [2.24, 2.45) is 0 Å². The summed E-state index contributed by atoms with van der Waals surface area (Å²) in [5.41, 5.74) is 0. The van der Waals surface area contributed by atoms with Gasteiger partial charge in [0.1, 0.15) is 0 Å². The van der Waals surface area contributed by atoms with Gasteiger partial charge >= 0.3 is 0 Å². The second kappa shape index (κ2) is 3.35. The summed E-state index contributed by atoms with van der Waals surface area (Å²) in [4.78, 5) is 4.80. The summed E-state index contributed by atoms with van der Waals surface area (Å²) in [5, 5.41) is 0. The zero-order chi connectivity index (χ0) is 7.56. The molecular weight excluding hydrogens is 124 g/mol. The third-order valence-electron chi connectivity index (χ3n) is 2.25. The first kappa shape index (κ1) is 8.02. The highest BCUT2D eigenvalue weighted by Gasteiger charge is 2.25. The van der Waals surface area contributed by atoms with Gasteiger partial charge in [-0.05, 0) is 27.1 Å². The Morgan fingerprint density at radius 3 is 2.50 bits per heavy atom. The van der Waals surface area contributed by atoms with Gasteiger partial charge < -0.3 is 4.90 Å². The first-order valence-electron chi connectivity index (χ1n) is 4.12. The summed E-state index contributed by atoms with van der Waals surface area (Å²) < 4.78 is 0. The molecule has 1 fully saturated rings. The van der Waals surface area contributed by atoms with Gasteiger partial charge in [0.05, 0.1) is 0 Å². The molecule has 0 bridgehead atoms. The molecule has 1 atom stereocenters. The third kappa shape index (κ3) is 1.70. The fourth-order valence-electron chi connectivity index (χ4n) is 1.54. The molecule has 1 unspecified atom stereocenters. The van der Waals surface area contributed by atoms with Crippen LogP contribution in [-0.2, 0) is 0 Å². The van der Waals surface area contributed by atoms with Crippen molar-refractivity contribution in [3.8, 4) is 0 Å². The van der Waals surface area contributed by atoms with Gasteiger partial charge in [0.25, 0.3) is 0 Å². The smallest absolute Gasteiger partial charge is 0.0234 e. The van der Waals surface area contributed by atoms with Crippen LogP contribution in [0.3, 0.4) is 0 Å². The van der Waals surface area contributed by atoms with Crippen molar-refractivity contribution in [1.29, 1.82) is 0 Å². The fraction of sp³-hybridized carbons (Fsp3) is 1.00. The normalized spacial score (nSPS) is 27.0. The Balaban J connectivity index is 2.16. The van der Waals surface area contributed by atoms with Crippen molar-refractivity contribution in [2.45, 2.75) is 19.4 Å². The van der Waals surface area contributed by atoms with E-state index in [0.29, 0.717) is 0 Å². The standard InChI is InChI=1S/C8H18N2/c1-4-10-6-5-8(10)7-9(2)3/h8H,4-7H2,1-3H3. The molecule has 2 nitrogen and oxygen atoms in total. The van der Waals surface area contributed by atoms with Crippen molar-refractivity contribution in [3.05, 3.63) is 0 Å². The molecule has 1 saturated heterocycles. The van der Waals surface area contributed by atoms with Gasteiger partial charge in [0.15, 0.2) is 0 Å². The zero-order valence-electron chi connectivity index (χ0n) is 7.30. The number of hydrogen-bond donors (Lipinski definition) is 0. The van der Waals surface area contributed by atoms with Crippen LogP contribution in [0.5, 0.6) is 0 Å². The molecule has 0 aromatic carbocycles. The molecule has 0 saturated carbocycles. The van der Waals surface area contributed by atoms with Gasteiger partial charge in [0, 0.05) is 19.1 Å². The molecule has 1 aliphatic rings. The Morgan fingerprint density at radius 1 is 1.50 bits per heavy atom. The maximum atomic E-state index is 2.53. The minimum Gasteiger partial charge on any atom is -0.308 e. The predicted molar refractivity (Wildman–Crippen MR) is 44.2 cm³/mol. The van der Waals surface area contributed by atoms with Gasteiger partial charge in [-0.15, -0.1) is 0 Å². The van der Waals surface area contributed by atoms with E-state index in [2.05, 4.69) is 30.8 Å². The predicted octanol–water partition coefficient (Wildman–Crippen LogP) is 0.642. The van der Waals surface area contributed by atoms with Crippen LogP contribution in [0, 0.1) is 0 Å². The molecular formula is C8H18N2. The van der Waals surface area contributed by atoms with Crippen molar-refractivity contribution in [1.82, 2.24) is 9.80 Å². The Hall–Kier alpha value is -0.0800. The average Bonchev–Trinajstić information content (AvgIpc) is 1.82. The zero-order valence-corrected chi connectivity index (χ0v) is 7.30. The lowest BCUT2D eigenvalue weighted by Crippen LogP contribution is -2.52. The van der Waals surface area contributed by atoms with Gasteiger partial charge in [-0.3, -0.25) is 4.90 Å². The minimum absolute atomic E-state index is 0.847. The topological polar surface area (TPSA) is 6.48 Å². The summed E-state index contributed by atoms with van der Waals surface area (Å²) in [7, 11) is 4.29. The molecule has 0 aliphatic carbocycles. The van der Waals surface area contributed by atoms with E-state index in [1.165, 1.54) is 26.1 Å². The number of nitrogens with zero attached hydrogens (tertiary/aromatic N) is 2. The Morgan fingerprint density at radius 2 is 2.20 bits per heavy atom. The van der Waals surface area contributed by atoms with E-state index in [0.717, 1.165) is 6.04 Å². The Kier molecular flexibility index (Phi) is 2.69. The van der Waals surface area contributed by atoms with Crippen LogP contribution in [0.2, 0.25) is 0 Å². The number of likely N-dealkylation sites (tertiary alicyclic amines) is 1. The highest BCUT2D eigenvalue weighted by Crippen LogP contribution is 2.16. The molecule has 0 spiro atoms. The van der Waals surface area contributed by atoms with E-state index in [9.17, 15) is 0 Å². The first-order valence-corrected chi connectivity index (χ1v) is 4.12. The SMILES string of the molecule is CCN1CCC1CN(C)C. The number of rotatable bonds is 3. The third-order valence-corrected chi connectivity index (χ3v) is 2.25. The summed E-state index contributed by atoms with van der Waals surface area (Å²) in [6.45, 7) is 6.00. The molecule has 0 aromatic rings. The quantitative estimate of drug-likeness (QED) is 0.570. The molecule has 10 heavy (non-hydrogen) atoms. The van der Waals surface area contributed by atoms with Crippen LogP contribution in [0.25, 0.3) is 0 Å². The van der Waals surface area contributed by atoms with Gasteiger partial charge in [-0.25, -0.2) is 0 Å². The average molecular weight is 142 g/mol. The van der Waals surface area contributed by atoms with Crippen LogP contribution >= 0.6 is 0 Å². The maximum absolute atomic E-state index is 2.53. The summed E-state index contributed by atoms with van der Waals surface area (Å²) >= 11 is 0. The summed E-state index contributed by atoms with van der Waals surface area (Å²) in [6, 6.07) is 0.847. The van der Waals surface area contributed by atoms with Crippen molar-refractivity contribution >= 4 is 0 Å². The van der Waals surface area contributed by atoms with E-state index in [-0.39, 0.29) is 0 Å². The molecule has 0 radical (unpaired) electrons. The Labute approximate surface area is 63.8 Å². The minimum atomic E-state index is 0.847. The maximum Gasteiger partial charge on any atom is 0.0234 e. The van der Waals surface area contributed by atoms with Gasteiger partial charge in [0.2, 0.25) is 0 Å². The fourth-order valence-corrected chi connectivity index (χ4v) is 1.54. The molecule has 0 amide bonds. The lowest BCUT2D eigenvalue weighted by Gasteiger charge is -2.41. The van der Waals surface area contributed by atoms with Crippen LogP contribution < -0.4 is 0 Å². The molecule has 0 aromatic heterocycles. The van der Waals surface area contributed by atoms with Crippen molar-refractivity contribution in [2.75, 3.05) is 33.7 Å². The highest BCUT2D eigenvalue weighted by molar-refractivity contribution is 4.82. The molecule has 1 heterocycles. The second-order valence-corrected chi connectivity index (χ2v) is 3.33. The molecule has 2 heteroatoms. The molecule has 60 valence electrons. The molecule has 0 N–H and O–H groups in total. The first-order chi connectivity index (χ1) is 4.74. The van der Waals surface area contributed by atoms with E-state index < -0.39 is 0 Å². The lowest BCUT2D eigenvalue weighted by molar-refractivity contribution is 0.0753. The Bertz CT molecular complexity index is 99.4. The highest BCUT2D eigenvalue weighted by atomic mass is 15.2. The lowest BCUT2D eigenvalue weighted by atomic mass is 10.0. The monoisotopic (exact) mass is 142 g/mol. The van der Waals surface area contributed by atoms with Crippen LogP contribution in [0.4, 0.5) is 0 Å². The van der Waals surface area contributed by atoms with Crippen LogP contribution in [0.15, 0.2) is 0 Å². The molecule has 1 aliphatic heterocycles. The van der Waals surface area contributed by atoms with Gasteiger partial charge in [-0.1, -0.05) is 6.92 Å². The largest absolute Gasteiger partial charge is 0.308 e. The summed E-state index contributed by atoms with van der Waals surface area (Å²) in [5.74, 6) is 0. The van der Waals surface area contributed by atoms with Crippen LogP contribution in [0.1, 0.15) is 13.3 Å². The van der Waals surface area contributed by atoms with Gasteiger partial charge in [-0.2, -0.15) is 0 Å². The van der Waals surface area contributed by atoms with Crippen molar-refractivity contribution in [3.63, 3.8) is 0 Å².